The van der Waals surface area contributed by atoms with Crippen molar-refractivity contribution >= 4 is 11.5 Å². The van der Waals surface area contributed by atoms with E-state index in [-0.39, 0.29) is 0 Å². The smallest absolute Gasteiger partial charge is 0.178 e. The van der Waals surface area contributed by atoms with Crippen molar-refractivity contribution in [3.8, 4) is 0 Å². The number of fused-ring (bicyclic) bond motifs is 1. The van der Waals surface area contributed by atoms with Gasteiger partial charge in [0, 0.05) is 31.5 Å². The summed E-state index contributed by atoms with van der Waals surface area (Å²) in [6.07, 6.45) is 2.43. The Labute approximate surface area is 128 Å². The molecular weight excluding hydrogens is 280 g/mol. The first-order chi connectivity index (χ1) is 10.9. The van der Waals surface area contributed by atoms with Crippen molar-refractivity contribution in [2.45, 2.75) is 24.8 Å². The molecule has 0 spiro atoms. The van der Waals surface area contributed by atoms with E-state index >= 15 is 0 Å². The summed E-state index contributed by atoms with van der Waals surface area (Å²) in [6.45, 7) is 4.95. The van der Waals surface area contributed by atoms with Gasteiger partial charge in [0.05, 0.1) is 19.3 Å². The second-order valence-electron chi connectivity index (χ2n) is 6.71. The van der Waals surface area contributed by atoms with E-state index in [1.165, 1.54) is 12.8 Å². The van der Waals surface area contributed by atoms with Gasteiger partial charge in [-0.2, -0.15) is 4.52 Å². The summed E-state index contributed by atoms with van der Waals surface area (Å²) < 4.78 is 7.12. The molecule has 0 aromatic carbocycles. The topological polar surface area (TPSA) is 67.6 Å². The number of hydrogen-bond acceptors (Lipinski definition) is 6. The molecule has 2 aromatic rings. The Hall–Kier alpha value is -1.73. The Morgan fingerprint density at radius 3 is 2.77 bits per heavy atom. The molecule has 1 saturated carbocycles. The summed E-state index contributed by atoms with van der Waals surface area (Å²) in [6, 6.07) is 4.66. The lowest BCUT2D eigenvalue weighted by Crippen LogP contribution is -2.55. The maximum Gasteiger partial charge on any atom is 0.178 e. The highest BCUT2D eigenvalue weighted by Gasteiger charge is 2.31. The fourth-order valence-corrected chi connectivity index (χ4v) is 3.13. The largest absolute Gasteiger partial charge is 0.378 e. The van der Waals surface area contributed by atoms with Crippen molar-refractivity contribution in [3.63, 3.8) is 0 Å². The SMILES string of the molecule is c1cc2nnc(C3CC3)n2nc1N1CC(CNC2COC2)C1. The first-order valence-electron chi connectivity index (χ1n) is 8.15. The van der Waals surface area contributed by atoms with Gasteiger partial charge in [-0.25, -0.2) is 0 Å². The molecule has 4 heterocycles. The molecular formula is C15H20N6O. The molecule has 116 valence electrons. The van der Waals surface area contributed by atoms with Crippen LogP contribution < -0.4 is 10.2 Å². The number of anilines is 1. The minimum Gasteiger partial charge on any atom is -0.378 e. The lowest BCUT2D eigenvalue weighted by Gasteiger charge is -2.41. The van der Waals surface area contributed by atoms with Gasteiger partial charge in [-0.1, -0.05) is 0 Å². The maximum absolute atomic E-state index is 5.18. The minimum absolute atomic E-state index is 0.566. The second kappa shape index (κ2) is 4.89. The molecule has 5 rings (SSSR count). The maximum atomic E-state index is 5.18. The van der Waals surface area contributed by atoms with Gasteiger partial charge in [0.25, 0.3) is 0 Å². The van der Waals surface area contributed by atoms with E-state index in [1.807, 2.05) is 10.6 Å². The van der Waals surface area contributed by atoms with Crippen molar-refractivity contribution in [3.05, 3.63) is 18.0 Å². The monoisotopic (exact) mass is 300 g/mol. The van der Waals surface area contributed by atoms with Gasteiger partial charge in [0.2, 0.25) is 0 Å². The predicted octanol–water partition coefficient (Wildman–Crippen LogP) is 0.426. The van der Waals surface area contributed by atoms with Gasteiger partial charge >= 0.3 is 0 Å². The summed E-state index contributed by atoms with van der Waals surface area (Å²) in [5.74, 6) is 3.34. The first-order valence-corrected chi connectivity index (χ1v) is 8.15. The molecule has 0 unspecified atom stereocenters. The number of hydrogen-bond donors (Lipinski definition) is 1. The molecule has 2 aliphatic heterocycles. The van der Waals surface area contributed by atoms with E-state index in [2.05, 4.69) is 26.5 Å². The molecule has 2 saturated heterocycles. The van der Waals surface area contributed by atoms with Gasteiger partial charge in [-0.15, -0.1) is 15.3 Å². The average Bonchev–Trinajstić information content (AvgIpc) is 3.19. The molecule has 0 bridgehead atoms. The van der Waals surface area contributed by atoms with Crippen LogP contribution in [0.2, 0.25) is 0 Å². The number of rotatable bonds is 5. The molecule has 3 aliphatic rings. The highest BCUT2D eigenvalue weighted by Crippen LogP contribution is 2.38. The molecule has 0 amide bonds. The summed E-state index contributed by atoms with van der Waals surface area (Å²) >= 11 is 0. The van der Waals surface area contributed by atoms with Crippen molar-refractivity contribution in [2.24, 2.45) is 5.92 Å². The molecule has 2 aromatic heterocycles. The van der Waals surface area contributed by atoms with Gasteiger partial charge < -0.3 is 15.0 Å². The van der Waals surface area contributed by atoms with Gasteiger partial charge in [-0.05, 0) is 25.0 Å². The van der Waals surface area contributed by atoms with Crippen LogP contribution >= 0.6 is 0 Å². The Morgan fingerprint density at radius 1 is 1.18 bits per heavy atom. The van der Waals surface area contributed by atoms with Crippen molar-refractivity contribution in [2.75, 3.05) is 37.7 Å². The van der Waals surface area contributed by atoms with Crippen LogP contribution in [0, 0.1) is 5.92 Å². The summed E-state index contributed by atoms with van der Waals surface area (Å²) in [7, 11) is 0. The van der Waals surface area contributed by atoms with Crippen molar-refractivity contribution in [1.82, 2.24) is 25.1 Å². The van der Waals surface area contributed by atoms with Gasteiger partial charge in [0.15, 0.2) is 11.5 Å². The molecule has 7 nitrogen and oxygen atoms in total. The molecule has 1 aliphatic carbocycles. The number of ether oxygens (including phenoxy) is 1. The Balaban J connectivity index is 1.25. The fourth-order valence-electron chi connectivity index (χ4n) is 3.13. The molecule has 3 fully saturated rings. The summed E-state index contributed by atoms with van der Waals surface area (Å²) in [4.78, 5) is 2.33. The van der Waals surface area contributed by atoms with Crippen LogP contribution in [0.25, 0.3) is 5.65 Å². The second-order valence-corrected chi connectivity index (χ2v) is 6.71. The van der Waals surface area contributed by atoms with Gasteiger partial charge in [-0.3, -0.25) is 0 Å². The molecule has 0 atom stereocenters. The Bertz CT molecular complexity index is 686. The standard InChI is InChI=1S/C15H20N6O/c1-2-11(1)15-18-17-13-3-4-14(19-21(13)15)20-6-10(7-20)5-16-12-8-22-9-12/h3-4,10-12,16H,1-2,5-9H2. The fraction of sp³-hybridized carbons (Fsp3) is 0.667. The summed E-state index contributed by atoms with van der Waals surface area (Å²) in [5, 5.41) is 16.8. The van der Waals surface area contributed by atoms with E-state index in [1.54, 1.807) is 0 Å². The third-order valence-electron chi connectivity index (χ3n) is 4.83. The van der Waals surface area contributed by atoms with Gasteiger partial charge in [0.1, 0.15) is 5.82 Å². The summed E-state index contributed by atoms with van der Waals surface area (Å²) in [5.41, 5.74) is 0.856. The molecule has 7 heteroatoms. The van der Waals surface area contributed by atoms with E-state index in [0.29, 0.717) is 17.9 Å². The van der Waals surface area contributed by atoms with Crippen LogP contribution in [0.4, 0.5) is 5.82 Å². The Morgan fingerprint density at radius 2 is 2.05 bits per heavy atom. The van der Waals surface area contributed by atoms with E-state index in [0.717, 1.165) is 50.1 Å². The zero-order chi connectivity index (χ0) is 14.5. The van der Waals surface area contributed by atoms with Crippen LogP contribution in [0.3, 0.4) is 0 Å². The van der Waals surface area contributed by atoms with Crippen LogP contribution in [0.1, 0.15) is 24.6 Å². The average molecular weight is 300 g/mol. The zero-order valence-electron chi connectivity index (χ0n) is 12.5. The lowest BCUT2D eigenvalue weighted by molar-refractivity contribution is -0.00690. The van der Waals surface area contributed by atoms with Crippen LogP contribution in [-0.4, -0.2) is 58.7 Å². The quantitative estimate of drug-likeness (QED) is 0.863. The number of aromatic nitrogens is 4. The van der Waals surface area contributed by atoms with Crippen molar-refractivity contribution in [1.29, 1.82) is 0 Å². The van der Waals surface area contributed by atoms with Crippen LogP contribution in [0.15, 0.2) is 12.1 Å². The van der Waals surface area contributed by atoms with Crippen molar-refractivity contribution < 1.29 is 4.74 Å². The van der Waals surface area contributed by atoms with E-state index in [4.69, 9.17) is 9.84 Å². The highest BCUT2D eigenvalue weighted by atomic mass is 16.5. The van der Waals surface area contributed by atoms with E-state index in [9.17, 15) is 0 Å². The lowest BCUT2D eigenvalue weighted by atomic mass is 9.99. The molecule has 1 N–H and O–H groups in total. The predicted molar refractivity (Wildman–Crippen MR) is 81.1 cm³/mol. The third kappa shape index (κ3) is 2.16. The number of nitrogens with one attached hydrogen (secondary N) is 1. The van der Waals surface area contributed by atoms with Crippen LogP contribution in [-0.2, 0) is 4.74 Å². The zero-order valence-corrected chi connectivity index (χ0v) is 12.5. The minimum atomic E-state index is 0.566. The normalized spacial score (nSPS) is 22.8. The molecule has 22 heavy (non-hydrogen) atoms. The number of nitrogens with zero attached hydrogens (tertiary/aromatic N) is 5. The first kappa shape index (κ1) is 12.8. The highest BCUT2D eigenvalue weighted by molar-refractivity contribution is 5.47. The molecule has 0 radical (unpaired) electrons. The van der Waals surface area contributed by atoms with E-state index < -0.39 is 0 Å². The third-order valence-corrected chi connectivity index (χ3v) is 4.83. The van der Waals surface area contributed by atoms with Crippen LogP contribution in [0.5, 0.6) is 0 Å². The Kier molecular flexibility index (Phi) is 2.84.